The van der Waals surface area contributed by atoms with Crippen LogP contribution in [0.5, 0.6) is 11.5 Å². The van der Waals surface area contributed by atoms with Gasteiger partial charge in [-0.3, -0.25) is 14.5 Å². The van der Waals surface area contributed by atoms with E-state index in [4.69, 9.17) is 13.9 Å². The number of hydrogen-bond donors (Lipinski definition) is 1. The van der Waals surface area contributed by atoms with Gasteiger partial charge in [0, 0.05) is 11.1 Å². The summed E-state index contributed by atoms with van der Waals surface area (Å²) in [6.07, 6.45) is 0.862. The molecule has 1 amide bonds. The topological polar surface area (TPSA) is 115 Å². The van der Waals surface area contributed by atoms with Gasteiger partial charge in [0.2, 0.25) is 10.9 Å². The predicted octanol–water partition coefficient (Wildman–Crippen LogP) is 8.95. The van der Waals surface area contributed by atoms with Gasteiger partial charge in [0.15, 0.2) is 27.4 Å². The quantitative estimate of drug-likeness (QED) is 0.0763. The Morgan fingerprint density at radius 1 is 0.980 bits per heavy atom. The van der Waals surface area contributed by atoms with Crippen LogP contribution in [0.3, 0.4) is 0 Å². The lowest BCUT2D eigenvalue weighted by molar-refractivity contribution is -0.117. The van der Waals surface area contributed by atoms with Gasteiger partial charge in [0.05, 0.1) is 25.3 Å². The average molecular weight is 692 g/mol. The summed E-state index contributed by atoms with van der Waals surface area (Å²) >= 11 is 2.72. The Kier molecular flexibility index (Phi) is 9.11. The third-order valence-corrected chi connectivity index (χ3v) is 10.5. The van der Waals surface area contributed by atoms with E-state index >= 15 is 0 Å². The van der Waals surface area contributed by atoms with E-state index in [2.05, 4.69) is 48.3 Å². The number of aliphatic hydroxyl groups excluding tert-OH is 1. The normalized spacial score (nSPS) is 14.8. The first-order chi connectivity index (χ1) is 23.8. The van der Waals surface area contributed by atoms with Crippen molar-refractivity contribution in [1.29, 1.82) is 0 Å². The molecule has 1 N–H and O–H groups in total. The van der Waals surface area contributed by atoms with E-state index in [1.807, 2.05) is 36.4 Å². The van der Waals surface area contributed by atoms with Gasteiger partial charge < -0.3 is 19.0 Å². The first-order valence-corrected chi connectivity index (χ1v) is 17.7. The largest absolute Gasteiger partial charge is 0.503 e. The van der Waals surface area contributed by atoms with Crippen molar-refractivity contribution in [2.75, 3.05) is 18.6 Å². The number of aromatic nitrogens is 2. The smallest absolute Gasteiger partial charge is 0.296 e. The predicted molar refractivity (Wildman–Crippen MR) is 192 cm³/mol. The number of anilines is 1. The van der Waals surface area contributed by atoms with Gasteiger partial charge >= 0.3 is 0 Å². The van der Waals surface area contributed by atoms with Crippen LogP contribution in [0.4, 0.5) is 5.13 Å². The number of furan rings is 1. The van der Waals surface area contributed by atoms with Crippen molar-refractivity contribution in [2.45, 2.75) is 36.4 Å². The van der Waals surface area contributed by atoms with Crippen molar-refractivity contribution >= 4 is 61.7 Å². The lowest BCUT2D eigenvalue weighted by atomic mass is 9.95. The minimum atomic E-state index is -1.05. The van der Waals surface area contributed by atoms with E-state index in [0.717, 1.165) is 28.1 Å². The molecule has 1 aliphatic heterocycles. The van der Waals surface area contributed by atoms with Crippen LogP contribution in [0, 0.1) is 5.92 Å². The highest BCUT2D eigenvalue weighted by atomic mass is 32.2. The zero-order chi connectivity index (χ0) is 34.1. The number of nitrogens with zero attached hydrogens (tertiary/aromatic N) is 3. The summed E-state index contributed by atoms with van der Waals surface area (Å²) in [5.41, 5.74) is 2.06. The Hall–Kier alpha value is -5.13. The highest BCUT2D eigenvalue weighted by Gasteiger charge is 2.47. The van der Waals surface area contributed by atoms with Crippen molar-refractivity contribution in [3.63, 3.8) is 0 Å². The molecule has 2 aromatic heterocycles. The molecule has 0 saturated carbocycles. The van der Waals surface area contributed by atoms with Crippen molar-refractivity contribution in [3.8, 4) is 11.5 Å². The van der Waals surface area contributed by atoms with Crippen LogP contribution in [-0.4, -0.2) is 40.7 Å². The molecule has 0 fully saturated rings. The Morgan fingerprint density at radius 3 is 2.55 bits per heavy atom. The highest BCUT2D eigenvalue weighted by Crippen LogP contribution is 2.46. The summed E-state index contributed by atoms with van der Waals surface area (Å²) in [5.74, 6) is 0.0256. The molecule has 1 atom stereocenters. The van der Waals surface area contributed by atoms with Gasteiger partial charge in [-0.05, 0) is 58.5 Å². The summed E-state index contributed by atoms with van der Waals surface area (Å²) in [6, 6.07) is 27.4. The van der Waals surface area contributed by atoms with E-state index in [9.17, 15) is 14.7 Å². The fourth-order valence-corrected chi connectivity index (χ4v) is 7.74. The number of para-hydroxylation sites is 1. The number of ether oxygens (including phenoxy) is 2. The van der Waals surface area contributed by atoms with E-state index in [1.165, 1.54) is 35.1 Å². The standard InChI is InChI=1S/C38H33N3O6S2/c1-22(2)17-18-46-29-16-15-25(20-30(29)45-3)33-32(34(42)31-19-24-10-5-7-14-28(24)47-31)35(43)36(44)41(33)37-39-40-38(49-37)48-21-26-12-8-11-23-9-4-6-13-27(23)26/h4-16,19-20,22,33,43H,17-18,21H2,1-3H3. The number of carbonyl (C=O) groups is 2. The number of fused-ring (bicyclic) bond motifs is 2. The molecule has 0 spiro atoms. The zero-order valence-electron chi connectivity index (χ0n) is 27.1. The highest BCUT2D eigenvalue weighted by molar-refractivity contribution is 8.00. The van der Waals surface area contributed by atoms with Gasteiger partial charge in [-0.25, -0.2) is 0 Å². The number of aliphatic hydroxyl groups is 1. The van der Waals surface area contributed by atoms with E-state index in [0.29, 0.717) is 45.3 Å². The van der Waals surface area contributed by atoms with Crippen LogP contribution >= 0.6 is 23.1 Å². The third kappa shape index (κ3) is 6.39. The molecule has 0 radical (unpaired) electrons. The minimum absolute atomic E-state index is 0.00611. The van der Waals surface area contributed by atoms with Crippen LogP contribution in [-0.2, 0) is 10.5 Å². The number of Topliss-reactive ketones (excluding diaryl/α,β-unsaturated/α-hetero) is 1. The molecule has 0 bridgehead atoms. The number of thioether (sulfide) groups is 1. The van der Waals surface area contributed by atoms with Crippen molar-refractivity contribution in [3.05, 3.63) is 119 Å². The van der Waals surface area contributed by atoms with Crippen LogP contribution in [0.1, 0.15) is 48.0 Å². The average Bonchev–Trinajstić information content (AvgIpc) is 3.83. The van der Waals surface area contributed by atoms with Crippen molar-refractivity contribution in [1.82, 2.24) is 10.2 Å². The number of benzene rings is 4. The zero-order valence-corrected chi connectivity index (χ0v) is 28.7. The van der Waals surface area contributed by atoms with Crippen LogP contribution < -0.4 is 14.4 Å². The van der Waals surface area contributed by atoms with Crippen LogP contribution in [0.2, 0.25) is 0 Å². The number of carbonyl (C=O) groups excluding carboxylic acids is 2. The van der Waals surface area contributed by atoms with Gasteiger partial charge in [0.1, 0.15) is 5.58 Å². The molecule has 4 aromatic carbocycles. The monoisotopic (exact) mass is 691 g/mol. The molecule has 1 unspecified atom stereocenters. The van der Waals surface area contributed by atoms with Crippen LogP contribution in [0.25, 0.3) is 21.7 Å². The number of ketones is 1. The summed E-state index contributed by atoms with van der Waals surface area (Å²) in [6.45, 7) is 4.74. The Labute approximate surface area is 291 Å². The number of amides is 1. The van der Waals surface area contributed by atoms with E-state index in [-0.39, 0.29) is 16.5 Å². The second-order valence-electron chi connectivity index (χ2n) is 12.0. The molecule has 0 saturated heterocycles. The molecule has 9 nitrogen and oxygen atoms in total. The molecular weight excluding hydrogens is 659 g/mol. The Morgan fingerprint density at radius 2 is 1.76 bits per heavy atom. The fourth-order valence-electron chi connectivity index (χ4n) is 5.87. The molecule has 49 heavy (non-hydrogen) atoms. The lowest BCUT2D eigenvalue weighted by Gasteiger charge is -2.24. The number of rotatable bonds is 12. The summed E-state index contributed by atoms with van der Waals surface area (Å²) in [5, 5.41) is 23.4. The fraction of sp³-hybridized carbons (Fsp3) is 0.211. The number of hydrogen-bond acceptors (Lipinski definition) is 10. The Bertz CT molecular complexity index is 2180. The third-order valence-electron chi connectivity index (χ3n) is 8.39. The summed E-state index contributed by atoms with van der Waals surface area (Å²) < 4.78 is 18.2. The lowest BCUT2D eigenvalue weighted by Crippen LogP contribution is -2.31. The van der Waals surface area contributed by atoms with Gasteiger partial charge in [-0.2, -0.15) is 0 Å². The molecule has 11 heteroatoms. The molecule has 7 rings (SSSR count). The maximum absolute atomic E-state index is 14.1. The second kappa shape index (κ2) is 13.8. The Balaban J connectivity index is 1.24. The molecule has 248 valence electrons. The van der Waals surface area contributed by atoms with E-state index in [1.54, 1.807) is 30.3 Å². The molecule has 6 aromatic rings. The van der Waals surface area contributed by atoms with Crippen molar-refractivity contribution < 1.29 is 28.6 Å². The summed E-state index contributed by atoms with van der Waals surface area (Å²) in [4.78, 5) is 29.3. The number of methoxy groups -OCH3 is 1. The van der Waals surface area contributed by atoms with Gasteiger partial charge in [-0.15, -0.1) is 10.2 Å². The minimum Gasteiger partial charge on any atom is -0.503 e. The SMILES string of the molecule is COc1cc(C2C(C(=O)c3cc4ccccc4o3)=C(O)C(=O)N2c2nnc(SCc3cccc4ccccc34)s2)ccc1OCCC(C)C. The molecule has 0 aliphatic carbocycles. The maximum Gasteiger partial charge on any atom is 0.296 e. The second-order valence-corrected chi connectivity index (χ2v) is 14.2. The van der Waals surface area contributed by atoms with Gasteiger partial charge in [0.25, 0.3) is 5.91 Å². The van der Waals surface area contributed by atoms with E-state index < -0.39 is 23.5 Å². The van der Waals surface area contributed by atoms with Crippen LogP contribution in [0.15, 0.2) is 111 Å². The molecular formula is C38H33N3O6S2. The first-order valence-electron chi connectivity index (χ1n) is 15.9. The summed E-state index contributed by atoms with van der Waals surface area (Å²) in [7, 11) is 1.53. The maximum atomic E-state index is 14.1. The molecule has 1 aliphatic rings. The van der Waals surface area contributed by atoms with Gasteiger partial charge in [-0.1, -0.05) is 104 Å². The molecule has 3 heterocycles. The first kappa shape index (κ1) is 32.4. The van der Waals surface area contributed by atoms with Crippen molar-refractivity contribution in [2.24, 2.45) is 5.92 Å².